The molecule has 0 bridgehead atoms. The van der Waals surface area contributed by atoms with Crippen LogP contribution in [0, 0.1) is 18.6 Å². The van der Waals surface area contributed by atoms with Crippen LogP contribution in [0.1, 0.15) is 17.4 Å². The summed E-state index contributed by atoms with van der Waals surface area (Å²) in [6, 6.07) is 7.15. The number of aryl methyl sites for hydroxylation is 1. The number of rotatable bonds is 4. The molecule has 4 aromatic rings. The maximum Gasteiger partial charge on any atom is 0.257 e. The molecule has 0 fully saturated rings. The molecule has 0 saturated heterocycles. The summed E-state index contributed by atoms with van der Waals surface area (Å²) in [4.78, 5) is 20.4. The highest BCUT2D eigenvalue weighted by Gasteiger charge is 2.21. The Bertz CT molecular complexity index is 1310. The molecule has 2 heterocycles. The van der Waals surface area contributed by atoms with Gasteiger partial charge in [0.25, 0.3) is 5.91 Å². The van der Waals surface area contributed by atoms with Gasteiger partial charge < -0.3 is 16.2 Å². The molecule has 0 spiro atoms. The quantitative estimate of drug-likeness (QED) is 0.444. The number of fused-ring (bicyclic) bond motifs is 1. The van der Waals surface area contributed by atoms with E-state index in [-0.39, 0.29) is 27.8 Å². The molecule has 1 amide bonds. The van der Waals surface area contributed by atoms with E-state index in [9.17, 15) is 18.7 Å². The minimum absolute atomic E-state index is 0.0299. The fourth-order valence-corrected chi connectivity index (χ4v) is 3.37. The van der Waals surface area contributed by atoms with E-state index in [1.165, 1.54) is 29.2 Å². The molecule has 31 heavy (non-hydrogen) atoms. The van der Waals surface area contributed by atoms with Crippen LogP contribution in [0.15, 0.2) is 42.7 Å². The number of nitrogens with two attached hydrogens (primary N) is 1. The minimum Gasteiger partial charge on any atom is -0.382 e. The number of nitrogens with one attached hydrogen (secondary N) is 1. The normalized spacial score (nSPS) is 12.2. The third kappa shape index (κ3) is 3.90. The van der Waals surface area contributed by atoms with Gasteiger partial charge in [-0.25, -0.2) is 23.4 Å². The summed E-state index contributed by atoms with van der Waals surface area (Å²) in [5.74, 6) is -2.16. The number of hydrogen-bond donors (Lipinski definition) is 3. The van der Waals surface area contributed by atoms with Gasteiger partial charge in [-0.2, -0.15) is 5.10 Å². The first-order valence-corrected chi connectivity index (χ1v) is 9.33. The maximum absolute atomic E-state index is 14.9. The van der Waals surface area contributed by atoms with E-state index < -0.39 is 23.6 Å². The maximum atomic E-state index is 14.9. The fourth-order valence-electron chi connectivity index (χ4n) is 3.14. The SMILES string of the molecule is Cc1nn(-c2ccc(NC(=O)[C@H](O)c3cc(F)cc(Cl)c3)cc2F)c2c(N)ncnc12. The molecular formula is C20H15ClF2N6O2. The zero-order valence-corrected chi connectivity index (χ0v) is 16.7. The van der Waals surface area contributed by atoms with E-state index in [2.05, 4.69) is 20.4 Å². The number of benzene rings is 2. The second-order valence-electron chi connectivity index (χ2n) is 6.71. The Hall–Kier alpha value is -3.63. The van der Waals surface area contributed by atoms with Gasteiger partial charge in [-0.05, 0) is 48.9 Å². The zero-order valence-electron chi connectivity index (χ0n) is 16.0. The molecule has 0 aliphatic heterocycles. The number of anilines is 2. The van der Waals surface area contributed by atoms with E-state index in [0.717, 1.165) is 18.2 Å². The average molecular weight is 445 g/mol. The van der Waals surface area contributed by atoms with E-state index >= 15 is 0 Å². The number of nitrogens with zero attached hydrogens (tertiary/aromatic N) is 4. The van der Waals surface area contributed by atoms with Crippen molar-refractivity contribution in [1.29, 1.82) is 0 Å². The highest BCUT2D eigenvalue weighted by atomic mass is 35.5. The van der Waals surface area contributed by atoms with Crippen molar-refractivity contribution in [3.63, 3.8) is 0 Å². The van der Waals surface area contributed by atoms with Crippen molar-refractivity contribution in [3.8, 4) is 5.69 Å². The highest BCUT2D eigenvalue weighted by molar-refractivity contribution is 6.30. The second-order valence-corrected chi connectivity index (χ2v) is 7.15. The van der Waals surface area contributed by atoms with Crippen molar-refractivity contribution in [2.75, 3.05) is 11.1 Å². The van der Waals surface area contributed by atoms with Crippen LogP contribution < -0.4 is 11.1 Å². The Morgan fingerprint density at radius 1 is 1.23 bits per heavy atom. The van der Waals surface area contributed by atoms with Crippen LogP contribution >= 0.6 is 11.6 Å². The monoisotopic (exact) mass is 444 g/mol. The van der Waals surface area contributed by atoms with Gasteiger partial charge >= 0.3 is 0 Å². The van der Waals surface area contributed by atoms with Gasteiger partial charge in [0.1, 0.15) is 28.9 Å². The molecule has 0 saturated carbocycles. The highest BCUT2D eigenvalue weighted by Crippen LogP contribution is 2.27. The molecule has 11 heteroatoms. The van der Waals surface area contributed by atoms with Crippen LogP contribution in [0.25, 0.3) is 16.7 Å². The standard InChI is InChI=1S/C20H15ClF2N6O2/c1-9-16-17(19(24)26-8-25-16)29(28-9)15-3-2-13(7-14(15)23)27-20(31)18(30)10-4-11(21)6-12(22)5-10/h2-8,18,30H,1H3,(H,27,31)(H2,24,25,26)/t18-/m1/s1. The first-order valence-electron chi connectivity index (χ1n) is 8.95. The Kier molecular flexibility index (Phi) is 5.25. The number of carbonyl (C=O) groups excluding carboxylic acids is 1. The van der Waals surface area contributed by atoms with Gasteiger partial charge in [0.2, 0.25) is 0 Å². The lowest BCUT2D eigenvalue weighted by atomic mass is 10.1. The van der Waals surface area contributed by atoms with Crippen molar-refractivity contribution < 1.29 is 18.7 Å². The predicted octanol–water partition coefficient (Wildman–Crippen LogP) is 3.31. The number of amides is 1. The summed E-state index contributed by atoms with van der Waals surface area (Å²) in [5, 5.41) is 16.9. The molecule has 2 aromatic heterocycles. The molecule has 0 unspecified atom stereocenters. The molecule has 0 aliphatic rings. The van der Waals surface area contributed by atoms with Crippen molar-refractivity contribution >= 4 is 40.0 Å². The number of nitrogen functional groups attached to an aromatic ring is 1. The molecule has 1 atom stereocenters. The van der Waals surface area contributed by atoms with Crippen LogP contribution in [0.4, 0.5) is 20.3 Å². The van der Waals surface area contributed by atoms with Crippen molar-refractivity contribution in [2.24, 2.45) is 0 Å². The van der Waals surface area contributed by atoms with Crippen molar-refractivity contribution in [2.45, 2.75) is 13.0 Å². The summed E-state index contributed by atoms with van der Waals surface area (Å²) in [5.41, 5.74) is 7.40. The lowest BCUT2D eigenvalue weighted by Gasteiger charge is -2.13. The Labute approximate surface area is 179 Å². The van der Waals surface area contributed by atoms with Crippen LogP contribution in [0.2, 0.25) is 5.02 Å². The van der Waals surface area contributed by atoms with Crippen LogP contribution in [0.3, 0.4) is 0 Å². The summed E-state index contributed by atoms with van der Waals surface area (Å²) in [6.45, 7) is 1.71. The molecule has 8 nitrogen and oxygen atoms in total. The van der Waals surface area contributed by atoms with Crippen LogP contribution in [0.5, 0.6) is 0 Å². The molecule has 0 radical (unpaired) electrons. The predicted molar refractivity (Wildman–Crippen MR) is 111 cm³/mol. The fraction of sp³-hybridized carbons (Fsp3) is 0.100. The van der Waals surface area contributed by atoms with Gasteiger partial charge in [0, 0.05) is 10.7 Å². The van der Waals surface area contributed by atoms with E-state index in [1.54, 1.807) is 6.92 Å². The number of aliphatic hydroxyl groups is 1. The summed E-state index contributed by atoms with van der Waals surface area (Å²) in [6.07, 6.45) is -0.409. The number of aromatic nitrogens is 4. The number of hydrogen-bond acceptors (Lipinski definition) is 6. The summed E-state index contributed by atoms with van der Waals surface area (Å²) < 4.78 is 29.6. The van der Waals surface area contributed by atoms with Gasteiger partial charge in [0.15, 0.2) is 17.7 Å². The van der Waals surface area contributed by atoms with E-state index in [0.29, 0.717) is 16.7 Å². The molecular weight excluding hydrogens is 430 g/mol. The largest absolute Gasteiger partial charge is 0.382 e. The number of halogens is 3. The number of carbonyl (C=O) groups is 1. The second kappa shape index (κ2) is 7.89. The molecule has 158 valence electrons. The third-order valence-corrected chi connectivity index (χ3v) is 4.77. The molecule has 4 rings (SSSR count). The molecule has 2 aromatic carbocycles. The van der Waals surface area contributed by atoms with Crippen molar-refractivity contribution in [1.82, 2.24) is 19.7 Å². The topological polar surface area (TPSA) is 119 Å². The Morgan fingerprint density at radius 2 is 2.00 bits per heavy atom. The first kappa shape index (κ1) is 20.6. The summed E-state index contributed by atoms with van der Waals surface area (Å²) >= 11 is 5.75. The van der Waals surface area contributed by atoms with Crippen LogP contribution in [-0.4, -0.2) is 30.8 Å². The zero-order chi connectivity index (χ0) is 22.3. The first-order chi connectivity index (χ1) is 14.7. The number of aliphatic hydroxyl groups excluding tert-OH is 1. The average Bonchev–Trinajstić information content (AvgIpc) is 3.04. The molecule has 4 N–H and O–H groups in total. The lowest BCUT2D eigenvalue weighted by Crippen LogP contribution is -2.21. The minimum atomic E-state index is -1.70. The van der Waals surface area contributed by atoms with Gasteiger partial charge in [-0.1, -0.05) is 11.6 Å². The Balaban J connectivity index is 1.62. The molecule has 0 aliphatic carbocycles. The van der Waals surface area contributed by atoms with Gasteiger partial charge in [-0.15, -0.1) is 0 Å². The van der Waals surface area contributed by atoms with Crippen LogP contribution in [-0.2, 0) is 4.79 Å². The van der Waals surface area contributed by atoms with E-state index in [4.69, 9.17) is 17.3 Å². The van der Waals surface area contributed by atoms with Crippen molar-refractivity contribution in [3.05, 3.63) is 70.6 Å². The van der Waals surface area contributed by atoms with E-state index in [1.807, 2.05) is 0 Å². The van der Waals surface area contributed by atoms with Gasteiger partial charge in [0.05, 0.1) is 5.69 Å². The lowest BCUT2D eigenvalue weighted by molar-refractivity contribution is -0.124. The summed E-state index contributed by atoms with van der Waals surface area (Å²) in [7, 11) is 0. The smallest absolute Gasteiger partial charge is 0.257 e. The third-order valence-electron chi connectivity index (χ3n) is 4.55. The van der Waals surface area contributed by atoms with Gasteiger partial charge in [-0.3, -0.25) is 4.79 Å². The Morgan fingerprint density at radius 3 is 2.71 bits per heavy atom.